The lowest BCUT2D eigenvalue weighted by Crippen LogP contribution is -2.52. The Morgan fingerprint density at radius 2 is 0.919 bits per heavy atom. The number of allylic oxidation sites excluding steroid dienone is 2. The van der Waals surface area contributed by atoms with Crippen molar-refractivity contribution in [1.82, 2.24) is 0 Å². The fourth-order valence-corrected chi connectivity index (χ4v) is 4.68. The molecule has 0 saturated heterocycles. The third kappa shape index (κ3) is 18.1. The van der Waals surface area contributed by atoms with Crippen molar-refractivity contribution in [1.29, 1.82) is 0 Å². The summed E-state index contributed by atoms with van der Waals surface area (Å²) in [7, 11) is 0. The summed E-state index contributed by atoms with van der Waals surface area (Å²) in [4.78, 5) is 34.3. The molecular formula is C30H56NO6+. The first kappa shape index (κ1) is 35.1. The lowest BCUT2D eigenvalue weighted by molar-refractivity contribution is -0.929. The van der Waals surface area contributed by atoms with E-state index in [4.69, 9.17) is 0 Å². The highest BCUT2D eigenvalue weighted by Crippen LogP contribution is 2.22. The zero-order valence-electron chi connectivity index (χ0n) is 24.1. The molecule has 0 aliphatic rings. The molecule has 0 fully saturated rings. The smallest absolute Gasteiger partial charge is 0.306 e. The Kier molecular flexibility index (Phi) is 20.0. The van der Waals surface area contributed by atoms with Gasteiger partial charge in [0.1, 0.15) is 0 Å². The summed E-state index contributed by atoms with van der Waals surface area (Å²) in [5.74, 6) is -3.91. The minimum Gasteiger partial charge on any atom is -0.481 e. The molecule has 0 spiro atoms. The molecule has 37 heavy (non-hydrogen) atoms. The van der Waals surface area contributed by atoms with Crippen LogP contribution in [-0.2, 0) is 14.4 Å². The van der Waals surface area contributed by atoms with Gasteiger partial charge < -0.3 is 19.8 Å². The number of carbonyl (C=O) groups is 3. The molecule has 0 bridgehead atoms. The van der Waals surface area contributed by atoms with Crippen molar-refractivity contribution >= 4 is 17.9 Å². The number of nitrogens with zero attached hydrogens (tertiary/aromatic N) is 1. The maximum absolute atomic E-state index is 11.4. The number of unbranched alkanes of at least 4 members (excludes halogenated alkanes) is 9. The maximum Gasteiger partial charge on any atom is 0.306 e. The monoisotopic (exact) mass is 526 g/mol. The topological polar surface area (TPSA) is 112 Å². The molecule has 0 aromatic heterocycles. The first-order valence-corrected chi connectivity index (χ1v) is 14.7. The van der Waals surface area contributed by atoms with Gasteiger partial charge in [-0.25, -0.2) is 0 Å². The summed E-state index contributed by atoms with van der Waals surface area (Å²) in [5, 5.41) is 28.2. The van der Waals surface area contributed by atoms with E-state index >= 15 is 0 Å². The molecule has 216 valence electrons. The van der Waals surface area contributed by atoms with Crippen LogP contribution in [0.15, 0.2) is 12.2 Å². The molecule has 0 saturated carbocycles. The van der Waals surface area contributed by atoms with Gasteiger partial charge in [0.05, 0.1) is 43.9 Å². The number of aliphatic carboxylic acids is 3. The molecule has 0 aromatic carbocycles. The van der Waals surface area contributed by atoms with Crippen LogP contribution in [0.2, 0.25) is 0 Å². The van der Waals surface area contributed by atoms with Crippen LogP contribution in [0.1, 0.15) is 118 Å². The van der Waals surface area contributed by atoms with Crippen molar-refractivity contribution in [2.45, 2.75) is 118 Å². The predicted octanol–water partition coefficient (Wildman–Crippen LogP) is 7.00. The van der Waals surface area contributed by atoms with E-state index in [9.17, 15) is 29.7 Å². The number of hydrogen-bond donors (Lipinski definition) is 3. The largest absolute Gasteiger partial charge is 0.481 e. The van der Waals surface area contributed by atoms with Crippen LogP contribution in [0.3, 0.4) is 0 Å². The molecule has 7 heteroatoms. The van der Waals surface area contributed by atoms with E-state index in [1.54, 1.807) is 20.8 Å². The van der Waals surface area contributed by atoms with Crippen molar-refractivity contribution in [2.24, 2.45) is 17.8 Å². The second kappa shape index (κ2) is 21.1. The average molecular weight is 527 g/mol. The Morgan fingerprint density at radius 1 is 0.568 bits per heavy atom. The maximum atomic E-state index is 11.4. The van der Waals surface area contributed by atoms with Crippen LogP contribution in [0.5, 0.6) is 0 Å². The van der Waals surface area contributed by atoms with Gasteiger partial charge in [-0.1, -0.05) is 78.4 Å². The zero-order chi connectivity index (χ0) is 28.1. The molecule has 7 nitrogen and oxygen atoms in total. The van der Waals surface area contributed by atoms with Gasteiger partial charge in [0.15, 0.2) is 0 Å². The standard InChI is InChI=1S/C30H55NO6/c1-5-6-7-8-9-10-11-12-13-14-15-16-17-21-31(22-18-25(2)28(32)33,23-19-26(3)29(34)35)24-20-27(4)30(36)37/h6-7,25-27H,5,8-24H2,1-4H3,(H2-,32,33,34,35,36,37)/p+1/b7-6+. The third-order valence-electron chi connectivity index (χ3n) is 7.78. The molecule has 0 aliphatic carbocycles. The van der Waals surface area contributed by atoms with Gasteiger partial charge in [0.25, 0.3) is 0 Å². The lowest BCUT2D eigenvalue weighted by Gasteiger charge is -2.40. The van der Waals surface area contributed by atoms with Crippen molar-refractivity contribution < 1.29 is 34.2 Å². The summed E-state index contributed by atoms with van der Waals surface area (Å²) in [6.45, 7) is 10.0. The number of hydrogen-bond acceptors (Lipinski definition) is 3. The molecule has 3 unspecified atom stereocenters. The summed E-state index contributed by atoms with van der Waals surface area (Å²) in [6, 6.07) is 0. The van der Waals surface area contributed by atoms with E-state index in [2.05, 4.69) is 19.1 Å². The highest BCUT2D eigenvalue weighted by Gasteiger charge is 2.31. The first-order valence-electron chi connectivity index (χ1n) is 14.7. The van der Waals surface area contributed by atoms with E-state index in [0.717, 1.165) is 25.8 Å². The molecule has 0 aliphatic heterocycles. The summed E-state index contributed by atoms with van der Waals surface area (Å²) in [5.41, 5.74) is 0. The van der Waals surface area contributed by atoms with E-state index in [0.29, 0.717) is 43.4 Å². The molecule has 0 aromatic rings. The normalized spacial score (nSPS) is 15.8. The van der Waals surface area contributed by atoms with Gasteiger partial charge in [-0.15, -0.1) is 0 Å². The number of quaternary nitrogens is 1. The van der Waals surface area contributed by atoms with Crippen molar-refractivity contribution in [2.75, 3.05) is 26.2 Å². The van der Waals surface area contributed by atoms with Crippen LogP contribution >= 0.6 is 0 Å². The summed E-state index contributed by atoms with van der Waals surface area (Å²) >= 11 is 0. The Morgan fingerprint density at radius 3 is 1.27 bits per heavy atom. The Labute approximate surface area is 225 Å². The SMILES string of the molecule is CC/C=C/CCCCCCCCCCC[N+](CCC(C)C(=O)O)(CCC(C)C(=O)O)CCC(C)C(=O)O. The van der Waals surface area contributed by atoms with Crippen molar-refractivity contribution in [3.05, 3.63) is 12.2 Å². The van der Waals surface area contributed by atoms with Crippen LogP contribution in [0.25, 0.3) is 0 Å². The number of carboxylic acid groups (broad SMARTS) is 3. The Bertz CT molecular complexity index is 603. The fraction of sp³-hybridized carbons (Fsp3) is 0.833. The molecule has 0 radical (unpaired) electrons. The van der Waals surface area contributed by atoms with Crippen LogP contribution < -0.4 is 0 Å². The Balaban J connectivity index is 4.84. The van der Waals surface area contributed by atoms with Crippen LogP contribution in [0.4, 0.5) is 0 Å². The highest BCUT2D eigenvalue weighted by molar-refractivity contribution is 5.70. The minimum absolute atomic E-state index is 0.478. The Hall–Kier alpha value is -1.89. The van der Waals surface area contributed by atoms with E-state index < -0.39 is 35.7 Å². The van der Waals surface area contributed by atoms with E-state index in [1.165, 1.54) is 51.4 Å². The zero-order valence-corrected chi connectivity index (χ0v) is 24.1. The minimum atomic E-state index is -0.826. The molecule has 3 atom stereocenters. The van der Waals surface area contributed by atoms with Gasteiger partial charge in [-0.2, -0.15) is 0 Å². The first-order chi connectivity index (χ1) is 17.5. The van der Waals surface area contributed by atoms with Crippen LogP contribution in [-0.4, -0.2) is 63.9 Å². The summed E-state index contributed by atoms with van der Waals surface area (Å²) < 4.78 is 0.610. The highest BCUT2D eigenvalue weighted by atomic mass is 16.4. The van der Waals surface area contributed by atoms with Crippen molar-refractivity contribution in [3.63, 3.8) is 0 Å². The van der Waals surface area contributed by atoms with E-state index in [-0.39, 0.29) is 0 Å². The average Bonchev–Trinajstić information content (AvgIpc) is 2.86. The molecule has 0 amide bonds. The molecular weight excluding hydrogens is 470 g/mol. The molecule has 3 N–H and O–H groups in total. The van der Waals surface area contributed by atoms with Gasteiger partial charge in [-0.05, 0) is 32.1 Å². The third-order valence-corrected chi connectivity index (χ3v) is 7.78. The van der Waals surface area contributed by atoms with Gasteiger partial charge in [0, 0.05) is 19.3 Å². The molecule has 0 heterocycles. The lowest BCUT2D eigenvalue weighted by atomic mass is 10.0. The van der Waals surface area contributed by atoms with Crippen molar-refractivity contribution in [3.8, 4) is 0 Å². The van der Waals surface area contributed by atoms with Gasteiger partial charge in [-0.3, -0.25) is 14.4 Å². The fourth-order valence-electron chi connectivity index (χ4n) is 4.68. The number of carboxylic acids is 3. The van der Waals surface area contributed by atoms with Gasteiger partial charge >= 0.3 is 17.9 Å². The van der Waals surface area contributed by atoms with E-state index in [1.807, 2.05) is 0 Å². The summed E-state index contributed by atoms with van der Waals surface area (Å²) in [6.07, 6.45) is 19.2. The molecule has 0 rings (SSSR count). The second-order valence-electron chi connectivity index (χ2n) is 11.2. The second-order valence-corrected chi connectivity index (χ2v) is 11.2. The quantitative estimate of drug-likeness (QED) is 0.0670. The van der Waals surface area contributed by atoms with Crippen LogP contribution in [0, 0.1) is 17.8 Å². The van der Waals surface area contributed by atoms with Gasteiger partial charge in [0.2, 0.25) is 0 Å². The predicted molar refractivity (Wildman–Crippen MR) is 150 cm³/mol. The number of rotatable bonds is 25.